The van der Waals surface area contributed by atoms with Gasteiger partial charge in [0, 0.05) is 5.69 Å². The molecular formula is C8H10ClN. The summed E-state index contributed by atoms with van der Waals surface area (Å²) < 4.78 is 0. The minimum absolute atomic E-state index is 0.771. The molecule has 0 aromatic carbocycles. The summed E-state index contributed by atoms with van der Waals surface area (Å²) in [7, 11) is 0. The molecule has 2 heteroatoms. The molecule has 1 rings (SSSR count). The van der Waals surface area contributed by atoms with E-state index in [2.05, 4.69) is 4.98 Å². The lowest BCUT2D eigenvalue weighted by Crippen LogP contribution is -1.89. The lowest BCUT2D eigenvalue weighted by atomic mass is 10.2. The molecule has 0 spiro atoms. The Labute approximate surface area is 66.0 Å². The summed E-state index contributed by atoms with van der Waals surface area (Å²) in [5.74, 6) is 0. The monoisotopic (exact) mass is 155 g/mol. The Morgan fingerprint density at radius 2 is 2.20 bits per heavy atom. The molecule has 0 N–H and O–H groups in total. The van der Waals surface area contributed by atoms with E-state index in [0.29, 0.717) is 0 Å². The van der Waals surface area contributed by atoms with Crippen molar-refractivity contribution in [1.82, 2.24) is 4.98 Å². The average molecular weight is 156 g/mol. The minimum Gasteiger partial charge on any atom is -0.257 e. The highest BCUT2D eigenvalue weighted by Gasteiger charge is 1.97. The van der Waals surface area contributed by atoms with Crippen molar-refractivity contribution in [3.05, 3.63) is 28.5 Å². The van der Waals surface area contributed by atoms with Gasteiger partial charge in [0.15, 0.2) is 0 Å². The number of hydrogen-bond acceptors (Lipinski definition) is 1. The molecule has 0 radical (unpaired) electrons. The van der Waals surface area contributed by atoms with E-state index in [4.69, 9.17) is 11.6 Å². The Balaban J connectivity index is 3.09. The maximum Gasteiger partial charge on any atom is 0.0621 e. The summed E-state index contributed by atoms with van der Waals surface area (Å²) >= 11 is 5.83. The summed E-state index contributed by atoms with van der Waals surface area (Å²) in [6.07, 6.45) is 0.903. The van der Waals surface area contributed by atoms with Gasteiger partial charge in [-0.3, -0.25) is 4.98 Å². The zero-order valence-electron chi connectivity index (χ0n) is 6.19. The van der Waals surface area contributed by atoms with Crippen LogP contribution in [0.1, 0.15) is 18.3 Å². The van der Waals surface area contributed by atoms with Crippen LogP contribution in [0.2, 0.25) is 5.02 Å². The van der Waals surface area contributed by atoms with Gasteiger partial charge in [-0.05, 0) is 25.5 Å². The maximum atomic E-state index is 5.83. The summed E-state index contributed by atoms with van der Waals surface area (Å²) in [6.45, 7) is 4.02. The van der Waals surface area contributed by atoms with E-state index in [1.807, 2.05) is 26.0 Å². The van der Waals surface area contributed by atoms with Crippen LogP contribution in [-0.2, 0) is 6.42 Å². The van der Waals surface area contributed by atoms with Crippen molar-refractivity contribution in [2.75, 3.05) is 0 Å². The lowest BCUT2D eigenvalue weighted by Gasteiger charge is -1.99. The fourth-order valence-electron chi connectivity index (χ4n) is 0.841. The van der Waals surface area contributed by atoms with Crippen molar-refractivity contribution in [1.29, 1.82) is 0 Å². The Hall–Kier alpha value is -0.560. The number of aromatic nitrogens is 1. The van der Waals surface area contributed by atoms with Gasteiger partial charge in [0.05, 0.1) is 10.7 Å². The first-order valence-corrected chi connectivity index (χ1v) is 3.74. The van der Waals surface area contributed by atoms with Gasteiger partial charge < -0.3 is 0 Å². The summed E-state index contributed by atoms with van der Waals surface area (Å²) in [5.41, 5.74) is 2.02. The topological polar surface area (TPSA) is 12.9 Å². The summed E-state index contributed by atoms with van der Waals surface area (Å²) in [6, 6.07) is 3.81. The van der Waals surface area contributed by atoms with Crippen LogP contribution < -0.4 is 0 Å². The average Bonchev–Trinajstić information content (AvgIpc) is 1.94. The molecule has 0 saturated carbocycles. The number of hydrogen-bond donors (Lipinski definition) is 0. The Morgan fingerprint density at radius 1 is 1.50 bits per heavy atom. The Kier molecular flexibility index (Phi) is 2.28. The van der Waals surface area contributed by atoms with E-state index in [-0.39, 0.29) is 0 Å². The van der Waals surface area contributed by atoms with Crippen LogP contribution in [0.4, 0.5) is 0 Å². The van der Waals surface area contributed by atoms with Crippen molar-refractivity contribution in [2.24, 2.45) is 0 Å². The first-order chi connectivity index (χ1) is 4.74. The summed E-state index contributed by atoms with van der Waals surface area (Å²) in [5, 5.41) is 0.771. The molecule has 0 aliphatic carbocycles. The third kappa shape index (κ3) is 1.48. The van der Waals surface area contributed by atoms with Gasteiger partial charge in [-0.25, -0.2) is 0 Å². The van der Waals surface area contributed by atoms with E-state index in [1.54, 1.807) is 0 Å². The highest BCUT2D eigenvalue weighted by molar-refractivity contribution is 6.31. The fraction of sp³-hybridized carbons (Fsp3) is 0.375. The van der Waals surface area contributed by atoms with Gasteiger partial charge in [0.1, 0.15) is 0 Å². The van der Waals surface area contributed by atoms with Crippen LogP contribution in [-0.4, -0.2) is 4.98 Å². The van der Waals surface area contributed by atoms with Gasteiger partial charge in [0.2, 0.25) is 0 Å². The number of pyridine rings is 1. The molecule has 54 valence electrons. The smallest absolute Gasteiger partial charge is 0.0621 e. The molecule has 1 aromatic heterocycles. The Morgan fingerprint density at radius 3 is 2.70 bits per heavy atom. The van der Waals surface area contributed by atoms with Gasteiger partial charge in [0.25, 0.3) is 0 Å². The molecule has 0 atom stereocenters. The SMILES string of the molecule is CCc1nc(C)ccc1Cl. The second-order valence-corrected chi connectivity index (χ2v) is 2.64. The molecule has 0 saturated heterocycles. The van der Waals surface area contributed by atoms with E-state index in [1.165, 1.54) is 0 Å². The van der Waals surface area contributed by atoms with E-state index in [0.717, 1.165) is 22.8 Å². The second kappa shape index (κ2) is 3.02. The number of aryl methyl sites for hydroxylation is 2. The molecule has 0 amide bonds. The van der Waals surface area contributed by atoms with Gasteiger partial charge in [-0.15, -0.1) is 0 Å². The molecule has 1 nitrogen and oxygen atoms in total. The van der Waals surface area contributed by atoms with Crippen LogP contribution in [0.15, 0.2) is 12.1 Å². The van der Waals surface area contributed by atoms with Crippen LogP contribution in [0, 0.1) is 6.92 Å². The zero-order chi connectivity index (χ0) is 7.56. The molecule has 0 aliphatic heterocycles. The predicted molar refractivity (Wildman–Crippen MR) is 43.4 cm³/mol. The van der Waals surface area contributed by atoms with E-state index >= 15 is 0 Å². The fourth-order valence-corrected chi connectivity index (χ4v) is 1.08. The molecule has 0 bridgehead atoms. The highest BCUT2D eigenvalue weighted by Crippen LogP contribution is 2.13. The van der Waals surface area contributed by atoms with Gasteiger partial charge >= 0.3 is 0 Å². The number of rotatable bonds is 1. The van der Waals surface area contributed by atoms with Crippen molar-refractivity contribution >= 4 is 11.6 Å². The Bertz CT molecular complexity index is 233. The first kappa shape index (κ1) is 7.55. The van der Waals surface area contributed by atoms with Crippen molar-refractivity contribution < 1.29 is 0 Å². The molecule has 1 heterocycles. The molecule has 1 aromatic rings. The maximum absolute atomic E-state index is 5.83. The highest BCUT2D eigenvalue weighted by atomic mass is 35.5. The molecule has 10 heavy (non-hydrogen) atoms. The van der Waals surface area contributed by atoms with Gasteiger partial charge in [-0.2, -0.15) is 0 Å². The second-order valence-electron chi connectivity index (χ2n) is 2.23. The van der Waals surface area contributed by atoms with Crippen molar-refractivity contribution in [3.63, 3.8) is 0 Å². The molecule has 0 aliphatic rings. The van der Waals surface area contributed by atoms with Crippen LogP contribution >= 0.6 is 11.6 Å². The number of halogens is 1. The molecule has 0 fully saturated rings. The van der Waals surface area contributed by atoms with Gasteiger partial charge in [-0.1, -0.05) is 18.5 Å². The van der Waals surface area contributed by atoms with Crippen molar-refractivity contribution in [3.8, 4) is 0 Å². The lowest BCUT2D eigenvalue weighted by molar-refractivity contribution is 1.01. The largest absolute Gasteiger partial charge is 0.257 e. The van der Waals surface area contributed by atoms with Crippen molar-refractivity contribution in [2.45, 2.75) is 20.3 Å². The number of nitrogens with zero attached hydrogens (tertiary/aromatic N) is 1. The predicted octanol–water partition coefficient (Wildman–Crippen LogP) is 2.61. The van der Waals surface area contributed by atoms with E-state index in [9.17, 15) is 0 Å². The van der Waals surface area contributed by atoms with Crippen LogP contribution in [0.3, 0.4) is 0 Å². The third-order valence-corrected chi connectivity index (χ3v) is 1.74. The quantitative estimate of drug-likeness (QED) is 0.608. The zero-order valence-corrected chi connectivity index (χ0v) is 6.94. The molecule has 0 unspecified atom stereocenters. The third-order valence-electron chi connectivity index (χ3n) is 1.39. The first-order valence-electron chi connectivity index (χ1n) is 3.36. The standard InChI is InChI=1S/C8H10ClN/c1-3-8-7(9)5-4-6(2)10-8/h4-5H,3H2,1-2H3. The van der Waals surface area contributed by atoms with E-state index < -0.39 is 0 Å². The summed E-state index contributed by atoms with van der Waals surface area (Å²) in [4.78, 5) is 4.26. The van der Waals surface area contributed by atoms with Crippen LogP contribution in [0.25, 0.3) is 0 Å². The molecular weight excluding hydrogens is 146 g/mol. The normalized spacial score (nSPS) is 9.90. The minimum atomic E-state index is 0.771. The van der Waals surface area contributed by atoms with Crippen LogP contribution in [0.5, 0.6) is 0 Å².